The normalized spacial score (nSPS) is 12.7. The predicted molar refractivity (Wildman–Crippen MR) is 118 cm³/mol. The first-order valence-electron chi connectivity index (χ1n) is 9.22. The van der Waals surface area contributed by atoms with E-state index in [1.54, 1.807) is 0 Å². The van der Waals surface area contributed by atoms with E-state index in [9.17, 15) is 16.8 Å². The Balaban J connectivity index is 2.69. The van der Waals surface area contributed by atoms with Gasteiger partial charge in [0.25, 0.3) is 20.2 Å². The van der Waals surface area contributed by atoms with Crippen LogP contribution in [0.15, 0.2) is 46.2 Å². The fourth-order valence-electron chi connectivity index (χ4n) is 2.43. The lowest BCUT2D eigenvalue weighted by atomic mass is 10.1. The number of rotatable bonds is 9. The van der Waals surface area contributed by atoms with E-state index in [0.29, 0.717) is 0 Å². The fourth-order valence-corrected chi connectivity index (χ4v) is 5.50. The molecule has 10 heteroatoms. The van der Waals surface area contributed by atoms with Crippen LogP contribution in [0.25, 0.3) is 11.1 Å². The molecule has 0 bridgehead atoms. The molecular formula is C20H24Cl2O6S2. The van der Waals surface area contributed by atoms with E-state index in [0.717, 1.165) is 0 Å². The lowest BCUT2D eigenvalue weighted by Gasteiger charge is -2.16. The van der Waals surface area contributed by atoms with Crippen LogP contribution in [0.5, 0.6) is 0 Å². The van der Waals surface area contributed by atoms with Crippen LogP contribution in [0, 0.1) is 11.8 Å². The molecule has 0 heterocycles. The molecule has 0 aliphatic heterocycles. The molecular weight excluding hydrogens is 471 g/mol. The lowest BCUT2D eigenvalue weighted by Crippen LogP contribution is -2.14. The molecule has 0 saturated heterocycles. The monoisotopic (exact) mass is 494 g/mol. The molecule has 0 amide bonds. The van der Waals surface area contributed by atoms with Crippen LogP contribution in [-0.4, -0.2) is 30.0 Å². The molecule has 0 atom stereocenters. The van der Waals surface area contributed by atoms with Gasteiger partial charge in [-0.1, -0.05) is 63.0 Å². The van der Waals surface area contributed by atoms with Crippen LogP contribution in [0.4, 0.5) is 0 Å². The van der Waals surface area contributed by atoms with Gasteiger partial charge in [-0.25, -0.2) is 0 Å². The number of halogens is 2. The van der Waals surface area contributed by atoms with Gasteiger partial charge in [0.15, 0.2) is 0 Å². The largest absolute Gasteiger partial charge is 0.297 e. The van der Waals surface area contributed by atoms with E-state index in [1.165, 1.54) is 36.4 Å². The molecule has 166 valence electrons. The van der Waals surface area contributed by atoms with Crippen molar-refractivity contribution in [3.05, 3.63) is 46.4 Å². The Morgan fingerprint density at radius 2 is 1.03 bits per heavy atom. The molecule has 0 aliphatic carbocycles. The van der Waals surface area contributed by atoms with Gasteiger partial charge < -0.3 is 0 Å². The summed E-state index contributed by atoms with van der Waals surface area (Å²) < 4.78 is 61.6. The summed E-state index contributed by atoms with van der Waals surface area (Å²) in [5.41, 5.74) is 0.234. The summed E-state index contributed by atoms with van der Waals surface area (Å²) in [6.45, 7) is 7.18. The van der Waals surface area contributed by atoms with Gasteiger partial charge in [-0.15, -0.1) is 0 Å². The highest BCUT2D eigenvalue weighted by Crippen LogP contribution is 2.37. The highest BCUT2D eigenvalue weighted by molar-refractivity contribution is 7.87. The van der Waals surface area contributed by atoms with E-state index in [2.05, 4.69) is 0 Å². The minimum Gasteiger partial charge on any atom is -0.266 e. The average Bonchev–Trinajstić information content (AvgIpc) is 2.65. The first-order chi connectivity index (χ1) is 13.8. The minimum absolute atomic E-state index is 0.0293. The van der Waals surface area contributed by atoms with Crippen LogP contribution >= 0.6 is 23.2 Å². The van der Waals surface area contributed by atoms with E-state index >= 15 is 0 Å². The summed E-state index contributed by atoms with van der Waals surface area (Å²) in [4.78, 5) is -0.475. The van der Waals surface area contributed by atoms with Gasteiger partial charge >= 0.3 is 0 Å². The first-order valence-corrected chi connectivity index (χ1v) is 12.8. The maximum atomic E-state index is 12.8. The maximum absolute atomic E-state index is 12.8. The van der Waals surface area contributed by atoms with E-state index in [1.807, 2.05) is 27.7 Å². The molecule has 2 aromatic carbocycles. The van der Waals surface area contributed by atoms with Gasteiger partial charge in [0.05, 0.1) is 13.2 Å². The maximum Gasteiger partial charge on any atom is 0.297 e. The Bertz CT molecular complexity index is 1020. The van der Waals surface area contributed by atoms with Crippen LogP contribution in [0.2, 0.25) is 10.0 Å². The number of hydrogen-bond acceptors (Lipinski definition) is 6. The molecule has 0 N–H and O–H groups in total. The lowest BCUT2D eigenvalue weighted by molar-refractivity contribution is 0.274. The summed E-state index contributed by atoms with van der Waals surface area (Å²) in [6, 6.07) is 8.26. The highest BCUT2D eigenvalue weighted by Gasteiger charge is 2.27. The van der Waals surface area contributed by atoms with Crippen molar-refractivity contribution in [3.8, 4) is 11.1 Å². The quantitative estimate of drug-likeness (QED) is 0.434. The highest BCUT2D eigenvalue weighted by atomic mass is 35.5. The molecule has 30 heavy (non-hydrogen) atoms. The second-order valence-corrected chi connectivity index (χ2v) is 11.6. The third-order valence-corrected chi connectivity index (χ3v) is 6.95. The summed E-state index contributed by atoms with van der Waals surface area (Å²) in [7, 11) is -8.42. The van der Waals surface area contributed by atoms with Crippen molar-refractivity contribution in [2.75, 3.05) is 13.2 Å². The second kappa shape index (κ2) is 9.97. The summed E-state index contributed by atoms with van der Waals surface area (Å²) in [6.07, 6.45) is 0. The van der Waals surface area contributed by atoms with Crippen molar-refractivity contribution in [1.82, 2.24) is 0 Å². The van der Waals surface area contributed by atoms with Crippen LogP contribution < -0.4 is 0 Å². The predicted octanol–water partition coefficient (Wildman–Crippen LogP) is 5.38. The van der Waals surface area contributed by atoms with Gasteiger partial charge in [0.1, 0.15) is 9.79 Å². The van der Waals surface area contributed by atoms with Gasteiger partial charge in [-0.3, -0.25) is 8.37 Å². The molecule has 2 rings (SSSR count). The molecule has 0 aliphatic rings. The summed E-state index contributed by atoms with van der Waals surface area (Å²) >= 11 is 12.1. The molecule has 0 fully saturated rings. The Morgan fingerprint density at radius 1 is 0.700 bits per heavy atom. The topological polar surface area (TPSA) is 86.7 Å². The van der Waals surface area contributed by atoms with Gasteiger partial charge in [0.2, 0.25) is 0 Å². The van der Waals surface area contributed by atoms with Crippen molar-refractivity contribution in [2.45, 2.75) is 37.5 Å². The van der Waals surface area contributed by atoms with Crippen molar-refractivity contribution in [1.29, 1.82) is 0 Å². The third-order valence-electron chi connectivity index (χ3n) is 3.83. The van der Waals surface area contributed by atoms with E-state index in [4.69, 9.17) is 31.6 Å². The zero-order valence-corrected chi connectivity index (χ0v) is 20.2. The molecule has 6 nitrogen and oxygen atoms in total. The smallest absolute Gasteiger partial charge is 0.266 e. The zero-order chi connectivity index (χ0) is 22.7. The van der Waals surface area contributed by atoms with Crippen molar-refractivity contribution in [3.63, 3.8) is 0 Å². The zero-order valence-electron chi connectivity index (χ0n) is 17.1. The van der Waals surface area contributed by atoms with Crippen molar-refractivity contribution >= 4 is 43.4 Å². The van der Waals surface area contributed by atoms with E-state index in [-0.39, 0.29) is 56.0 Å². The number of benzene rings is 2. The van der Waals surface area contributed by atoms with Crippen LogP contribution in [0.3, 0.4) is 0 Å². The second-order valence-electron chi connectivity index (χ2n) is 7.55. The van der Waals surface area contributed by atoms with Crippen molar-refractivity contribution in [2.24, 2.45) is 11.8 Å². The Kier molecular flexibility index (Phi) is 8.35. The van der Waals surface area contributed by atoms with Crippen LogP contribution in [0.1, 0.15) is 27.7 Å². The van der Waals surface area contributed by atoms with Gasteiger partial charge in [-0.05, 0) is 36.1 Å². The SMILES string of the molecule is CC(C)COS(=O)(=O)c1cc(Cl)ccc1-c1ccc(Cl)cc1S(=O)(=O)OCC(C)C. The molecule has 0 saturated carbocycles. The van der Waals surface area contributed by atoms with Crippen molar-refractivity contribution < 1.29 is 25.2 Å². The van der Waals surface area contributed by atoms with Crippen LogP contribution in [-0.2, 0) is 28.6 Å². The van der Waals surface area contributed by atoms with Gasteiger partial charge in [0, 0.05) is 21.2 Å². The molecule has 2 aromatic rings. The molecule has 0 spiro atoms. The molecule has 0 aromatic heterocycles. The first kappa shape index (κ1) is 25.1. The Morgan fingerprint density at radius 3 is 1.33 bits per heavy atom. The van der Waals surface area contributed by atoms with E-state index < -0.39 is 20.2 Å². The summed E-state index contributed by atoms with van der Waals surface area (Å²) in [5.74, 6) is -0.0587. The van der Waals surface area contributed by atoms with Gasteiger partial charge in [-0.2, -0.15) is 16.8 Å². The average molecular weight is 495 g/mol. The third kappa shape index (κ3) is 6.42. The Hall–Kier alpha value is -1.16. The standard InChI is InChI=1S/C20H24Cl2O6S2/c1-13(2)11-27-29(23,24)19-9-15(21)5-7-17(19)18-8-6-16(22)10-20(18)30(25,26)28-12-14(3)4/h5-10,13-14H,11-12H2,1-4H3. The molecule has 0 radical (unpaired) electrons. The minimum atomic E-state index is -4.21. The Labute approximate surface area is 188 Å². The summed E-state index contributed by atoms with van der Waals surface area (Å²) in [5, 5.41) is 0.333. The number of hydrogen-bond donors (Lipinski definition) is 0. The fraction of sp³-hybridized carbons (Fsp3) is 0.400. The molecule has 0 unspecified atom stereocenters.